The molecule has 0 aliphatic carbocycles. The summed E-state index contributed by atoms with van der Waals surface area (Å²) in [6, 6.07) is 81.7. The van der Waals surface area contributed by atoms with Crippen molar-refractivity contribution in [2.75, 3.05) is 5.32 Å². The second-order valence-electron chi connectivity index (χ2n) is 14.5. The van der Waals surface area contributed by atoms with Crippen molar-refractivity contribution < 1.29 is 4.79 Å². The molecule has 1 N–H and O–H groups in total. The van der Waals surface area contributed by atoms with E-state index in [-0.39, 0.29) is 5.91 Å². The van der Waals surface area contributed by atoms with Gasteiger partial charge in [0.15, 0.2) is 0 Å². The van der Waals surface area contributed by atoms with Gasteiger partial charge in [0.25, 0.3) is 5.91 Å². The summed E-state index contributed by atoms with van der Waals surface area (Å²) in [6.45, 7) is 0. The van der Waals surface area contributed by atoms with Crippen LogP contribution >= 0.6 is 15.8 Å². The Morgan fingerprint density at radius 3 is 1.25 bits per heavy atom. The van der Waals surface area contributed by atoms with Crippen molar-refractivity contribution in [2.45, 2.75) is 0 Å². The first kappa shape index (κ1) is 36.6. The molecule has 4 heteroatoms. The molecule has 0 spiro atoms. The number of anilines is 1. The van der Waals surface area contributed by atoms with Crippen molar-refractivity contribution >= 4 is 91.6 Å². The van der Waals surface area contributed by atoms with E-state index in [1.54, 1.807) is 0 Å². The van der Waals surface area contributed by atoms with Gasteiger partial charge in [0.1, 0.15) is 0 Å². The molecule has 10 rings (SSSR count). The second kappa shape index (κ2) is 16.3. The summed E-state index contributed by atoms with van der Waals surface area (Å²) in [6.07, 6.45) is 0. The average molecular weight is 792 g/mol. The lowest BCUT2D eigenvalue weighted by molar-refractivity contribution is 0.102. The van der Waals surface area contributed by atoms with Gasteiger partial charge in [-0.05, 0) is 86.8 Å². The SMILES string of the molecule is O=C(Nc1ccc2ccccc2c1-c1c(P(c2ccccc2)c2ccccc2)ccc2ccccc12)c1ccc2ccccc2c1P(c1ccccc1)c1ccccc1. The van der Waals surface area contributed by atoms with Gasteiger partial charge in [-0.15, -0.1) is 0 Å². The van der Waals surface area contributed by atoms with Gasteiger partial charge >= 0.3 is 0 Å². The zero-order valence-electron chi connectivity index (χ0n) is 32.2. The van der Waals surface area contributed by atoms with Crippen LogP contribution in [0, 0.1) is 0 Å². The number of benzene rings is 10. The van der Waals surface area contributed by atoms with E-state index < -0.39 is 15.8 Å². The standard InChI is InChI=1S/C55H39NOP2/c57-55(49-36-33-41-21-15-18-32-48(41)54(49)59(44-26-9-3-10-27-44)45-28-11-4-12-29-45)56-50-37-34-39-19-13-16-30-46(39)52(50)53-47-31-17-14-20-40(47)35-38-51(53)58(42-22-5-1-6-23-42)43-24-7-2-8-25-43/h1-38H,(H,56,57). The molecule has 0 fully saturated rings. The Hall–Kier alpha value is -6.69. The van der Waals surface area contributed by atoms with Crippen molar-refractivity contribution in [2.24, 2.45) is 0 Å². The molecule has 0 unspecified atom stereocenters. The van der Waals surface area contributed by atoms with Crippen LogP contribution in [0.1, 0.15) is 10.4 Å². The second-order valence-corrected chi connectivity index (χ2v) is 18.9. The van der Waals surface area contributed by atoms with Gasteiger partial charge in [0.05, 0.1) is 0 Å². The number of carbonyl (C=O) groups excluding carboxylic acids is 1. The molecule has 10 aromatic carbocycles. The third-order valence-electron chi connectivity index (χ3n) is 11.0. The predicted octanol–water partition coefficient (Wildman–Crippen LogP) is 11.6. The van der Waals surface area contributed by atoms with E-state index in [9.17, 15) is 0 Å². The molecule has 59 heavy (non-hydrogen) atoms. The fraction of sp³-hybridized carbons (Fsp3) is 0. The summed E-state index contributed by atoms with van der Waals surface area (Å²) < 4.78 is 0. The number of hydrogen-bond acceptors (Lipinski definition) is 1. The molecule has 0 aliphatic heterocycles. The van der Waals surface area contributed by atoms with E-state index >= 15 is 4.79 Å². The van der Waals surface area contributed by atoms with E-state index in [0.29, 0.717) is 5.56 Å². The lowest BCUT2D eigenvalue weighted by atomic mass is 9.92. The molecule has 0 aromatic heterocycles. The molecule has 0 aliphatic rings. The van der Waals surface area contributed by atoms with E-state index in [0.717, 1.165) is 54.4 Å². The summed E-state index contributed by atoms with van der Waals surface area (Å²) in [5.74, 6) is -0.128. The van der Waals surface area contributed by atoms with Crippen LogP contribution in [0.25, 0.3) is 43.4 Å². The van der Waals surface area contributed by atoms with Crippen LogP contribution in [0.2, 0.25) is 0 Å². The maximum Gasteiger partial charge on any atom is 0.256 e. The Morgan fingerprint density at radius 2 is 0.729 bits per heavy atom. The number of carbonyl (C=O) groups is 1. The smallest absolute Gasteiger partial charge is 0.256 e. The van der Waals surface area contributed by atoms with Crippen LogP contribution in [0.15, 0.2) is 231 Å². The summed E-state index contributed by atoms with van der Waals surface area (Å²) >= 11 is 0. The number of amides is 1. The quantitative estimate of drug-likeness (QED) is 0.145. The Labute approximate surface area is 347 Å². The fourth-order valence-corrected chi connectivity index (χ4v) is 13.5. The van der Waals surface area contributed by atoms with Gasteiger partial charge in [0.2, 0.25) is 0 Å². The molecule has 10 aromatic rings. The molecular formula is C55H39NOP2. The molecule has 0 saturated heterocycles. The number of hydrogen-bond donors (Lipinski definition) is 1. The molecule has 0 saturated carbocycles. The molecule has 280 valence electrons. The van der Waals surface area contributed by atoms with Gasteiger partial charge in [-0.25, -0.2) is 0 Å². The molecule has 0 heterocycles. The van der Waals surface area contributed by atoms with Crippen molar-refractivity contribution in [3.8, 4) is 11.1 Å². The number of rotatable bonds is 9. The van der Waals surface area contributed by atoms with E-state index in [4.69, 9.17) is 0 Å². The van der Waals surface area contributed by atoms with E-state index in [1.807, 2.05) is 6.07 Å². The van der Waals surface area contributed by atoms with Gasteiger partial charge in [-0.2, -0.15) is 0 Å². The highest BCUT2D eigenvalue weighted by molar-refractivity contribution is 7.80. The van der Waals surface area contributed by atoms with Gasteiger partial charge in [-0.1, -0.05) is 218 Å². The fourth-order valence-electron chi connectivity index (χ4n) is 8.37. The minimum absolute atomic E-state index is 0.128. The first-order chi connectivity index (χ1) is 29.2. The Morgan fingerprint density at radius 1 is 0.339 bits per heavy atom. The van der Waals surface area contributed by atoms with Crippen LogP contribution < -0.4 is 37.1 Å². The monoisotopic (exact) mass is 791 g/mol. The van der Waals surface area contributed by atoms with E-state index in [1.165, 1.54) is 26.5 Å². The summed E-state index contributed by atoms with van der Waals surface area (Å²) in [4.78, 5) is 15.4. The number of fused-ring (bicyclic) bond motifs is 3. The van der Waals surface area contributed by atoms with Gasteiger partial charge in [0, 0.05) is 27.7 Å². The number of nitrogens with one attached hydrogen (secondary N) is 1. The average Bonchev–Trinajstić information content (AvgIpc) is 3.30. The summed E-state index contributed by atoms with van der Waals surface area (Å²) in [7, 11) is -2.09. The first-order valence-corrected chi connectivity index (χ1v) is 22.6. The van der Waals surface area contributed by atoms with Crippen LogP contribution in [-0.2, 0) is 0 Å². The third-order valence-corrected chi connectivity index (χ3v) is 16.0. The Kier molecular flexibility index (Phi) is 10.1. The summed E-state index contributed by atoms with van der Waals surface area (Å²) in [5, 5.41) is 17.5. The van der Waals surface area contributed by atoms with Crippen molar-refractivity contribution in [1.29, 1.82) is 0 Å². The van der Waals surface area contributed by atoms with E-state index in [2.05, 4.69) is 230 Å². The third kappa shape index (κ3) is 7.02. The van der Waals surface area contributed by atoms with Crippen molar-refractivity contribution in [3.63, 3.8) is 0 Å². The largest absolute Gasteiger partial charge is 0.321 e. The van der Waals surface area contributed by atoms with Gasteiger partial charge in [-0.3, -0.25) is 4.79 Å². The lowest BCUT2D eigenvalue weighted by Gasteiger charge is -2.26. The molecule has 1 amide bonds. The minimum Gasteiger partial charge on any atom is -0.321 e. The maximum absolute atomic E-state index is 15.4. The zero-order chi connectivity index (χ0) is 39.5. The lowest BCUT2D eigenvalue weighted by Crippen LogP contribution is -2.28. The van der Waals surface area contributed by atoms with Crippen LogP contribution in [-0.4, -0.2) is 5.91 Å². The predicted molar refractivity (Wildman–Crippen MR) is 256 cm³/mol. The van der Waals surface area contributed by atoms with Crippen molar-refractivity contribution in [1.82, 2.24) is 0 Å². The Bertz CT molecular complexity index is 3020. The maximum atomic E-state index is 15.4. The van der Waals surface area contributed by atoms with Crippen LogP contribution in [0.4, 0.5) is 5.69 Å². The molecule has 2 nitrogen and oxygen atoms in total. The normalized spacial score (nSPS) is 11.4. The van der Waals surface area contributed by atoms with Crippen LogP contribution in [0.3, 0.4) is 0 Å². The molecule has 0 bridgehead atoms. The Balaban J connectivity index is 1.22. The molecule has 0 radical (unpaired) electrons. The highest BCUT2D eigenvalue weighted by Crippen LogP contribution is 2.45. The van der Waals surface area contributed by atoms with Gasteiger partial charge < -0.3 is 5.32 Å². The zero-order valence-corrected chi connectivity index (χ0v) is 34.0. The van der Waals surface area contributed by atoms with Crippen molar-refractivity contribution in [3.05, 3.63) is 236 Å². The highest BCUT2D eigenvalue weighted by Gasteiger charge is 2.28. The molecular weight excluding hydrogens is 753 g/mol. The topological polar surface area (TPSA) is 29.1 Å². The van der Waals surface area contributed by atoms with Crippen LogP contribution in [0.5, 0.6) is 0 Å². The minimum atomic E-state index is -1.10. The first-order valence-electron chi connectivity index (χ1n) is 19.9. The summed E-state index contributed by atoms with van der Waals surface area (Å²) in [5.41, 5.74) is 3.63. The molecule has 0 atom stereocenters. The highest BCUT2D eigenvalue weighted by atomic mass is 31.1.